The molecular weight excluding hydrogens is 274 g/mol. The Morgan fingerprint density at radius 2 is 2.15 bits per heavy atom. The molecule has 0 saturated heterocycles. The van der Waals surface area contributed by atoms with Gasteiger partial charge in [0.1, 0.15) is 5.01 Å². The quantitative estimate of drug-likeness (QED) is 0.788. The number of aliphatic hydroxyl groups is 1. The molecule has 1 aromatic heterocycles. The van der Waals surface area contributed by atoms with E-state index in [1.165, 1.54) is 0 Å². The monoisotopic (exact) mass is 291 g/mol. The van der Waals surface area contributed by atoms with E-state index in [2.05, 4.69) is 15.6 Å². The van der Waals surface area contributed by atoms with E-state index in [0.29, 0.717) is 6.54 Å². The molecular formula is C14H17N3O2S. The maximum atomic E-state index is 11.8. The number of aromatic nitrogens is 1. The zero-order valence-electron chi connectivity index (χ0n) is 11.2. The molecule has 0 aliphatic carbocycles. The number of amides is 2. The molecule has 1 aromatic carbocycles. The molecule has 5 nitrogen and oxygen atoms in total. The highest BCUT2D eigenvalue weighted by molar-refractivity contribution is 7.11. The molecule has 2 rings (SSSR count). The Labute approximate surface area is 121 Å². The summed E-state index contributed by atoms with van der Waals surface area (Å²) < 4.78 is 0. The fraction of sp³-hybridized carbons (Fsp3) is 0.286. The summed E-state index contributed by atoms with van der Waals surface area (Å²) in [6.07, 6.45) is 1.78. The highest BCUT2D eigenvalue weighted by Gasteiger charge is 2.13. The Hall–Kier alpha value is -1.92. The van der Waals surface area contributed by atoms with Crippen LogP contribution in [0, 0.1) is 6.92 Å². The minimum Gasteiger partial charge on any atom is -0.394 e. The number of urea groups is 1. The number of hydrogen-bond donors (Lipinski definition) is 3. The van der Waals surface area contributed by atoms with Crippen molar-refractivity contribution in [3.8, 4) is 0 Å². The van der Waals surface area contributed by atoms with E-state index in [9.17, 15) is 9.90 Å². The topological polar surface area (TPSA) is 74.2 Å². The van der Waals surface area contributed by atoms with Crippen molar-refractivity contribution in [1.82, 2.24) is 15.6 Å². The zero-order chi connectivity index (χ0) is 14.4. The third-order valence-corrected chi connectivity index (χ3v) is 3.67. The Balaban J connectivity index is 1.86. The molecule has 2 aromatic rings. The lowest BCUT2D eigenvalue weighted by atomic mass is 10.1. The summed E-state index contributed by atoms with van der Waals surface area (Å²) in [5.41, 5.74) is 0.871. The first kappa shape index (κ1) is 14.5. The summed E-state index contributed by atoms with van der Waals surface area (Å²) in [6.45, 7) is 2.21. The van der Waals surface area contributed by atoms with Crippen molar-refractivity contribution in [3.05, 3.63) is 52.0 Å². The number of nitrogens with one attached hydrogen (secondary N) is 2. The van der Waals surface area contributed by atoms with Crippen LogP contribution in [0.1, 0.15) is 21.5 Å². The molecule has 20 heavy (non-hydrogen) atoms. The van der Waals surface area contributed by atoms with Gasteiger partial charge in [-0.15, -0.1) is 11.3 Å². The van der Waals surface area contributed by atoms with Gasteiger partial charge in [0.05, 0.1) is 19.2 Å². The third-order valence-electron chi connectivity index (χ3n) is 2.76. The first-order chi connectivity index (χ1) is 9.69. The highest BCUT2D eigenvalue weighted by Crippen LogP contribution is 2.12. The van der Waals surface area contributed by atoms with E-state index in [0.717, 1.165) is 15.4 Å². The van der Waals surface area contributed by atoms with Gasteiger partial charge < -0.3 is 15.7 Å². The normalized spacial score (nSPS) is 11.9. The number of aryl methyl sites for hydroxylation is 1. The predicted octanol–water partition coefficient (Wildman–Crippen LogP) is 1.98. The zero-order valence-corrected chi connectivity index (χ0v) is 12.0. The Morgan fingerprint density at radius 1 is 1.40 bits per heavy atom. The van der Waals surface area contributed by atoms with Gasteiger partial charge in [-0.05, 0) is 12.5 Å². The summed E-state index contributed by atoms with van der Waals surface area (Å²) >= 11 is 1.55. The number of thiazole rings is 1. The van der Waals surface area contributed by atoms with Crippen LogP contribution in [0.2, 0.25) is 0 Å². The van der Waals surface area contributed by atoms with E-state index >= 15 is 0 Å². The van der Waals surface area contributed by atoms with Gasteiger partial charge in [-0.1, -0.05) is 30.3 Å². The fourth-order valence-electron chi connectivity index (χ4n) is 1.77. The highest BCUT2D eigenvalue weighted by atomic mass is 32.1. The molecule has 1 atom stereocenters. The van der Waals surface area contributed by atoms with Gasteiger partial charge in [-0.3, -0.25) is 0 Å². The van der Waals surface area contributed by atoms with Crippen LogP contribution in [0.3, 0.4) is 0 Å². The molecule has 0 fully saturated rings. The summed E-state index contributed by atoms with van der Waals surface area (Å²) in [5, 5.41) is 15.7. The number of benzene rings is 1. The van der Waals surface area contributed by atoms with Crippen LogP contribution >= 0.6 is 11.3 Å². The number of aliphatic hydroxyl groups excluding tert-OH is 1. The average Bonchev–Trinajstić information content (AvgIpc) is 2.89. The molecule has 0 aliphatic rings. The van der Waals surface area contributed by atoms with E-state index in [1.807, 2.05) is 37.3 Å². The minimum atomic E-state index is -0.408. The average molecular weight is 291 g/mol. The third kappa shape index (κ3) is 4.04. The lowest BCUT2D eigenvalue weighted by Crippen LogP contribution is -2.38. The lowest BCUT2D eigenvalue weighted by Gasteiger charge is -2.16. The van der Waals surface area contributed by atoms with Crippen molar-refractivity contribution in [1.29, 1.82) is 0 Å². The molecule has 0 saturated carbocycles. The van der Waals surface area contributed by atoms with Gasteiger partial charge in [0.25, 0.3) is 0 Å². The Kier molecular flexibility index (Phi) is 5.09. The Morgan fingerprint density at radius 3 is 2.75 bits per heavy atom. The van der Waals surface area contributed by atoms with Gasteiger partial charge in [0.15, 0.2) is 0 Å². The lowest BCUT2D eigenvalue weighted by molar-refractivity contribution is 0.216. The second kappa shape index (κ2) is 7.02. The van der Waals surface area contributed by atoms with Crippen molar-refractivity contribution in [2.24, 2.45) is 0 Å². The van der Waals surface area contributed by atoms with Crippen LogP contribution < -0.4 is 10.6 Å². The van der Waals surface area contributed by atoms with Crippen molar-refractivity contribution in [3.63, 3.8) is 0 Å². The SMILES string of the molecule is Cc1cnc(CNC(=O)NC(CO)c2ccccc2)s1. The van der Waals surface area contributed by atoms with Crippen molar-refractivity contribution >= 4 is 17.4 Å². The molecule has 2 amide bonds. The van der Waals surface area contributed by atoms with Crippen LogP contribution in [0.15, 0.2) is 36.5 Å². The smallest absolute Gasteiger partial charge is 0.315 e. The maximum absolute atomic E-state index is 11.8. The largest absolute Gasteiger partial charge is 0.394 e. The van der Waals surface area contributed by atoms with E-state index in [-0.39, 0.29) is 12.6 Å². The molecule has 0 radical (unpaired) electrons. The molecule has 106 valence electrons. The van der Waals surface area contributed by atoms with Crippen LogP contribution in [0.4, 0.5) is 4.79 Å². The van der Waals surface area contributed by atoms with Crippen LogP contribution in [-0.4, -0.2) is 22.7 Å². The summed E-state index contributed by atoms with van der Waals surface area (Å²) in [4.78, 5) is 17.1. The van der Waals surface area contributed by atoms with Crippen LogP contribution in [0.25, 0.3) is 0 Å². The summed E-state index contributed by atoms with van der Waals surface area (Å²) in [6, 6.07) is 8.64. The van der Waals surface area contributed by atoms with Gasteiger partial charge in [0.2, 0.25) is 0 Å². The molecule has 0 spiro atoms. The van der Waals surface area contributed by atoms with Gasteiger partial charge in [0, 0.05) is 11.1 Å². The molecule has 0 bridgehead atoms. The standard InChI is InChI=1S/C14H17N3O2S/c1-10-7-15-13(20-10)8-16-14(19)17-12(9-18)11-5-3-2-4-6-11/h2-7,12,18H,8-9H2,1H3,(H2,16,17,19). The summed E-state index contributed by atoms with van der Waals surface area (Å²) in [5.74, 6) is 0. The number of hydrogen-bond acceptors (Lipinski definition) is 4. The first-order valence-corrected chi connectivity index (χ1v) is 7.12. The fourth-order valence-corrected chi connectivity index (χ4v) is 2.49. The first-order valence-electron chi connectivity index (χ1n) is 6.30. The van der Waals surface area contributed by atoms with E-state index in [1.54, 1.807) is 17.5 Å². The van der Waals surface area contributed by atoms with Crippen LogP contribution in [0.5, 0.6) is 0 Å². The summed E-state index contributed by atoms with van der Waals surface area (Å²) in [7, 11) is 0. The number of nitrogens with zero attached hydrogens (tertiary/aromatic N) is 1. The van der Waals surface area contributed by atoms with Crippen molar-refractivity contribution in [2.75, 3.05) is 6.61 Å². The van der Waals surface area contributed by atoms with Crippen molar-refractivity contribution < 1.29 is 9.90 Å². The predicted molar refractivity (Wildman–Crippen MR) is 78.5 cm³/mol. The molecule has 0 aliphatic heterocycles. The molecule has 3 N–H and O–H groups in total. The second-order valence-electron chi connectivity index (χ2n) is 4.34. The van der Waals surface area contributed by atoms with E-state index in [4.69, 9.17) is 0 Å². The molecule has 6 heteroatoms. The van der Waals surface area contributed by atoms with Crippen LogP contribution in [-0.2, 0) is 6.54 Å². The van der Waals surface area contributed by atoms with Gasteiger partial charge >= 0.3 is 6.03 Å². The second-order valence-corrected chi connectivity index (χ2v) is 5.66. The molecule has 1 heterocycles. The minimum absolute atomic E-state index is 0.145. The van der Waals surface area contributed by atoms with E-state index < -0.39 is 6.04 Å². The Bertz CT molecular complexity index is 557. The number of rotatable bonds is 5. The van der Waals surface area contributed by atoms with Gasteiger partial charge in [-0.25, -0.2) is 9.78 Å². The molecule has 1 unspecified atom stereocenters. The van der Waals surface area contributed by atoms with Gasteiger partial charge in [-0.2, -0.15) is 0 Å². The number of carbonyl (C=O) groups is 1. The number of carbonyl (C=O) groups excluding carboxylic acids is 1. The maximum Gasteiger partial charge on any atom is 0.315 e. The van der Waals surface area contributed by atoms with Crippen molar-refractivity contribution in [2.45, 2.75) is 19.5 Å².